The average Bonchev–Trinajstić information content (AvgIpc) is 2.53. The summed E-state index contributed by atoms with van der Waals surface area (Å²) in [5.74, 6) is 1.08. The normalized spacial score (nSPS) is 12.0. The van der Waals surface area contributed by atoms with Gasteiger partial charge in [-0.05, 0) is 19.1 Å². The standard InChI is InChI=1S/C17H20FNO2/c1-12(15-6-4-5-7-17(15)21-3)19-11-13-8-9-14(20-2)10-16(13)18/h4-10,12,19H,11H2,1-3H3/t12-/m0/s1. The molecule has 0 amide bonds. The number of hydrogen-bond acceptors (Lipinski definition) is 3. The van der Waals surface area contributed by atoms with E-state index in [2.05, 4.69) is 5.32 Å². The van der Waals surface area contributed by atoms with Crippen molar-refractivity contribution < 1.29 is 13.9 Å². The van der Waals surface area contributed by atoms with Crippen molar-refractivity contribution in [1.29, 1.82) is 0 Å². The van der Waals surface area contributed by atoms with Gasteiger partial charge in [0, 0.05) is 29.8 Å². The van der Waals surface area contributed by atoms with Crippen LogP contribution in [0.25, 0.3) is 0 Å². The Kier molecular flexibility index (Phi) is 5.17. The van der Waals surface area contributed by atoms with E-state index in [1.165, 1.54) is 13.2 Å². The summed E-state index contributed by atoms with van der Waals surface area (Å²) < 4.78 is 24.2. The molecule has 0 spiro atoms. The van der Waals surface area contributed by atoms with Crippen LogP contribution in [0, 0.1) is 5.82 Å². The highest BCUT2D eigenvalue weighted by molar-refractivity contribution is 5.35. The lowest BCUT2D eigenvalue weighted by atomic mass is 10.1. The highest BCUT2D eigenvalue weighted by Gasteiger charge is 2.11. The number of halogens is 1. The molecule has 1 N–H and O–H groups in total. The van der Waals surface area contributed by atoms with Crippen LogP contribution in [-0.4, -0.2) is 14.2 Å². The van der Waals surface area contributed by atoms with Gasteiger partial charge in [0.25, 0.3) is 0 Å². The maximum atomic E-state index is 13.9. The van der Waals surface area contributed by atoms with Gasteiger partial charge in [-0.2, -0.15) is 0 Å². The second-order valence-corrected chi connectivity index (χ2v) is 4.80. The topological polar surface area (TPSA) is 30.5 Å². The van der Waals surface area contributed by atoms with Crippen LogP contribution in [0.5, 0.6) is 11.5 Å². The van der Waals surface area contributed by atoms with E-state index in [1.54, 1.807) is 19.2 Å². The number of para-hydroxylation sites is 1. The molecule has 4 heteroatoms. The average molecular weight is 289 g/mol. The van der Waals surface area contributed by atoms with E-state index in [0.29, 0.717) is 17.9 Å². The minimum Gasteiger partial charge on any atom is -0.497 e. The van der Waals surface area contributed by atoms with Gasteiger partial charge < -0.3 is 14.8 Å². The summed E-state index contributed by atoms with van der Waals surface area (Å²) in [6.07, 6.45) is 0. The molecule has 0 bridgehead atoms. The first-order valence-electron chi connectivity index (χ1n) is 6.84. The lowest BCUT2D eigenvalue weighted by Gasteiger charge is -2.17. The fourth-order valence-electron chi connectivity index (χ4n) is 2.20. The zero-order chi connectivity index (χ0) is 15.2. The first kappa shape index (κ1) is 15.3. The van der Waals surface area contributed by atoms with E-state index >= 15 is 0 Å². The third kappa shape index (κ3) is 3.73. The van der Waals surface area contributed by atoms with Gasteiger partial charge in [0.15, 0.2) is 0 Å². The Morgan fingerprint density at radius 1 is 1.10 bits per heavy atom. The molecule has 0 aromatic heterocycles. The van der Waals surface area contributed by atoms with Crippen molar-refractivity contribution in [2.75, 3.05) is 14.2 Å². The minimum atomic E-state index is -0.269. The van der Waals surface area contributed by atoms with Gasteiger partial charge in [0.1, 0.15) is 17.3 Å². The first-order valence-corrected chi connectivity index (χ1v) is 6.84. The number of nitrogens with one attached hydrogen (secondary N) is 1. The zero-order valence-electron chi connectivity index (χ0n) is 12.5. The Labute approximate surface area is 124 Å². The summed E-state index contributed by atoms with van der Waals surface area (Å²) in [7, 11) is 3.17. The molecular weight excluding hydrogens is 269 g/mol. The molecule has 0 fully saturated rings. The van der Waals surface area contributed by atoms with E-state index in [-0.39, 0.29) is 11.9 Å². The molecule has 0 saturated heterocycles. The van der Waals surface area contributed by atoms with Crippen LogP contribution in [0.1, 0.15) is 24.1 Å². The van der Waals surface area contributed by atoms with Gasteiger partial charge in [-0.15, -0.1) is 0 Å². The number of rotatable bonds is 6. The van der Waals surface area contributed by atoms with Gasteiger partial charge in [0.05, 0.1) is 14.2 Å². The van der Waals surface area contributed by atoms with Crippen molar-refractivity contribution in [2.24, 2.45) is 0 Å². The van der Waals surface area contributed by atoms with Crippen molar-refractivity contribution in [2.45, 2.75) is 19.5 Å². The van der Waals surface area contributed by atoms with Crippen LogP contribution in [-0.2, 0) is 6.54 Å². The zero-order valence-corrected chi connectivity index (χ0v) is 12.5. The third-order valence-electron chi connectivity index (χ3n) is 3.46. The van der Waals surface area contributed by atoms with E-state index < -0.39 is 0 Å². The second kappa shape index (κ2) is 7.09. The molecule has 0 aliphatic carbocycles. The minimum absolute atomic E-state index is 0.0580. The number of methoxy groups -OCH3 is 2. The Hall–Kier alpha value is -2.07. The first-order chi connectivity index (χ1) is 10.2. The van der Waals surface area contributed by atoms with Crippen molar-refractivity contribution in [1.82, 2.24) is 5.32 Å². The summed E-state index contributed by atoms with van der Waals surface area (Å²) in [4.78, 5) is 0. The largest absolute Gasteiger partial charge is 0.497 e. The predicted octanol–water partition coefficient (Wildman–Crippen LogP) is 3.69. The summed E-state index contributed by atoms with van der Waals surface area (Å²) in [6, 6.07) is 12.8. The third-order valence-corrected chi connectivity index (χ3v) is 3.46. The molecular formula is C17H20FNO2. The van der Waals surface area contributed by atoms with Crippen LogP contribution in [0.3, 0.4) is 0 Å². The Balaban J connectivity index is 2.05. The van der Waals surface area contributed by atoms with Crippen molar-refractivity contribution >= 4 is 0 Å². The van der Waals surface area contributed by atoms with Crippen LogP contribution >= 0.6 is 0 Å². The Morgan fingerprint density at radius 2 is 1.86 bits per heavy atom. The van der Waals surface area contributed by atoms with Crippen molar-refractivity contribution in [3.05, 3.63) is 59.4 Å². The van der Waals surface area contributed by atoms with Crippen LogP contribution in [0.15, 0.2) is 42.5 Å². The quantitative estimate of drug-likeness (QED) is 0.879. The molecule has 2 rings (SSSR count). The van der Waals surface area contributed by atoms with E-state index in [9.17, 15) is 4.39 Å². The maximum absolute atomic E-state index is 13.9. The number of hydrogen-bond donors (Lipinski definition) is 1. The summed E-state index contributed by atoms with van der Waals surface area (Å²) in [5, 5.41) is 3.31. The highest BCUT2D eigenvalue weighted by Crippen LogP contribution is 2.25. The molecule has 2 aromatic carbocycles. The molecule has 0 heterocycles. The highest BCUT2D eigenvalue weighted by atomic mass is 19.1. The smallest absolute Gasteiger partial charge is 0.131 e. The summed E-state index contributed by atoms with van der Waals surface area (Å²) in [6.45, 7) is 2.47. The Morgan fingerprint density at radius 3 is 2.52 bits per heavy atom. The molecule has 3 nitrogen and oxygen atoms in total. The van der Waals surface area contributed by atoms with Gasteiger partial charge in [0.2, 0.25) is 0 Å². The van der Waals surface area contributed by atoms with Gasteiger partial charge in [-0.1, -0.05) is 24.3 Å². The lowest BCUT2D eigenvalue weighted by Crippen LogP contribution is -2.19. The Bertz CT molecular complexity index is 601. The van der Waals surface area contributed by atoms with Crippen molar-refractivity contribution in [3.8, 4) is 11.5 Å². The lowest BCUT2D eigenvalue weighted by molar-refractivity contribution is 0.400. The van der Waals surface area contributed by atoms with Gasteiger partial charge in [-0.25, -0.2) is 4.39 Å². The van der Waals surface area contributed by atoms with Gasteiger partial charge in [-0.3, -0.25) is 0 Å². The van der Waals surface area contributed by atoms with Gasteiger partial charge >= 0.3 is 0 Å². The summed E-state index contributed by atoms with van der Waals surface area (Å²) in [5.41, 5.74) is 1.66. The molecule has 1 atom stereocenters. The van der Waals surface area contributed by atoms with Crippen LogP contribution < -0.4 is 14.8 Å². The predicted molar refractivity (Wildman–Crippen MR) is 81.2 cm³/mol. The SMILES string of the molecule is COc1ccc(CN[C@@H](C)c2ccccc2OC)c(F)c1. The maximum Gasteiger partial charge on any atom is 0.131 e. The molecule has 0 aliphatic rings. The van der Waals surface area contributed by atoms with E-state index in [0.717, 1.165) is 11.3 Å². The van der Waals surface area contributed by atoms with Crippen molar-refractivity contribution in [3.63, 3.8) is 0 Å². The van der Waals surface area contributed by atoms with Crippen LogP contribution in [0.4, 0.5) is 4.39 Å². The molecule has 0 saturated carbocycles. The number of ether oxygens (including phenoxy) is 2. The molecule has 0 aliphatic heterocycles. The van der Waals surface area contributed by atoms with Crippen LogP contribution in [0.2, 0.25) is 0 Å². The molecule has 21 heavy (non-hydrogen) atoms. The fourth-order valence-corrected chi connectivity index (χ4v) is 2.20. The van der Waals surface area contributed by atoms with E-state index in [1.807, 2.05) is 31.2 Å². The molecule has 0 radical (unpaired) electrons. The fraction of sp³-hybridized carbons (Fsp3) is 0.294. The monoisotopic (exact) mass is 289 g/mol. The molecule has 112 valence electrons. The summed E-state index contributed by atoms with van der Waals surface area (Å²) >= 11 is 0. The molecule has 2 aromatic rings. The molecule has 0 unspecified atom stereocenters. The second-order valence-electron chi connectivity index (χ2n) is 4.80. The van der Waals surface area contributed by atoms with E-state index in [4.69, 9.17) is 9.47 Å². The number of benzene rings is 2.